The van der Waals surface area contributed by atoms with Gasteiger partial charge in [-0.1, -0.05) is 36.8 Å². The Morgan fingerprint density at radius 2 is 1.65 bits per heavy atom. The Bertz CT molecular complexity index is 408. The fraction of sp³-hybridized carbons (Fsp3) is 0.385. The quantitative estimate of drug-likeness (QED) is 0.819. The van der Waals surface area contributed by atoms with E-state index in [-0.39, 0.29) is 6.42 Å². The predicted molar refractivity (Wildman–Crippen MR) is 62.8 cm³/mol. The molecular formula is C13H16O4. The largest absolute Gasteiger partial charge is 0.481 e. The highest BCUT2D eigenvalue weighted by Gasteiger charge is 2.29. The summed E-state index contributed by atoms with van der Waals surface area (Å²) < 4.78 is 0. The molecule has 0 aliphatic heterocycles. The average Bonchev–Trinajstić information content (AvgIpc) is 2.26. The zero-order valence-electron chi connectivity index (χ0n) is 9.88. The molecule has 0 bridgehead atoms. The fourth-order valence-corrected chi connectivity index (χ4v) is 1.63. The molecule has 1 aromatic carbocycles. The Balaban J connectivity index is 2.84. The van der Waals surface area contributed by atoms with E-state index in [2.05, 4.69) is 0 Å². The number of aryl methyl sites for hydroxylation is 1. The van der Waals surface area contributed by atoms with Crippen molar-refractivity contribution in [1.29, 1.82) is 0 Å². The Morgan fingerprint density at radius 1 is 1.12 bits per heavy atom. The van der Waals surface area contributed by atoms with Crippen LogP contribution < -0.4 is 0 Å². The maximum absolute atomic E-state index is 11.1. The van der Waals surface area contributed by atoms with E-state index in [1.807, 2.05) is 31.2 Å². The number of carboxylic acid groups (broad SMARTS) is 2. The zero-order valence-corrected chi connectivity index (χ0v) is 9.88. The molecule has 0 saturated heterocycles. The van der Waals surface area contributed by atoms with Gasteiger partial charge in [-0.15, -0.1) is 0 Å². The van der Waals surface area contributed by atoms with Crippen LogP contribution in [-0.4, -0.2) is 22.2 Å². The fourth-order valence-electron chi connectivity index (χ4n) is 1.63. The van der Waals surface area contributed by atoms with Gasteiger partial charge in [-0.2, -0.15) is 0 Å². The first-order valence-electron chi connectivity index (χ1n) is 5.43. The van der Waals surface area contributed by atoms with Gasteiger partial charge in [0.1, 0.15) is 0 Å². The smallest absolute Gasteiger partial charge is 0.307 e. The maximum Gasteiger partial charge on any atom is 0.307 e. The van der Waals surface area contributed by atoms with Crippen LogP contribution in [-0.2, 0) is 16.0 Å². The van der Waals surface area contributed by atoms with Crippen molar-refractivity contribution >= 4 is 11.9 Å². The molecule has 2 atom stereocenters. The van der Waals surface area contributed by atoms with Gasteiger partial charge in [0, 0.05) is 0 Å². The Morgan fingerprint density at radius 3 is 2.06 bits per heavy atom. The number of benzene rings is 1. The molecule has 0 heterocycles. The van der Waals surface area contributed by atoms with Gasteiger partial charge in [0.25, 0.3) is 0 Å². The van der Waals surface area contributed by atoms with Crippen molar-refractivity contribution in [3.05, 3.63) is 35.4 Å². The van der Waals surface area contributed by atoms with E-state index < -0.39 is 23.8 Å². The van der Waals surface area contributed by atoms with Crippen molar-refractivity contribution in [3.63, 3.8) is 0 Å². The van der Waals surface area contributed by atoms with Crippen LogP contribution in [0.25, 0.3) is 0 Å². The van der Waals surface area contributed by atoms with E-state index in [9.17, 15) is 9.59 Å². The molecule has 0 saturated carbocycles. The lowest BCUT2D eigenvalue weighted by Crippen LogP contribution is -2.29. The number of hydrogen-bond acceptors (Lipinski definition) is 2. The molecule has 0 fully saturated rings. The van der Waals surface area contributed by atoms with Crippen molar-refractivity contribution in [2.45, 2.75) is 20.3 Å². The number of hydrogen-bond donors (Lipinski definition) is 2. The molecule has 0 aromatic heterocycles. The van der Waals surface area contributed by atoms with Gasteiger partial charge >= 0.3 is 11.9 Å². The summed E-state index contributed by atoms with van der Waals surface area (Å²) in [6.45, 7) is 3.37. The van der Waals surface area contributed by atoms with Crippen LogP contribution in [0.15, 0.2) is 24.3 Å². The normalized spacial score (nSPS) is 14.0. The Labute approximate surface area is 99.9 Å². The van der Waals surface area contributed by atoms with Gasteiger partial charge in [0.05, 0.1) is 11.8 Å². The molecule has 1 rings (SSSR count). The third-order valence-corrected chi connectivity index (χ3v) is 2.89. The van der Waals surface area contributed by atoms with Gasteiger partial charge in [-0.05, 0) is 18.9 Å². The summed E-state index contributed by atoms with van der Waals surface area (Å²) in [5.41, 5.74) is 1.93. The summed E-state index contributed by atoms with van der Waals surface area (Å²) in [5.74, 6) is -3.94. The highest BCUT2D eigenvalue weighted by molar-refractivity contribution is 5.79. The van der Waals surface area contributed by atoms with E-state index >= 15 is 0 Å². The molecule has 0 aliphatic rings. The summed E-state index contributed by atoms with van der Waals surface area (Å²) in [7, 11) is 0. The summed E-state index contributed by atoms with van der Waals surface area (Å²) in [6.07, 6.45) is 0.239. The maximum atomic E-state index is 11.1. The summed E-state index contributed by atoms with van der Waals surface area (Å²) in [4.78, 5) is 21.9. The van der Waals surface area contributed by atoms with Gasteiger partial charge in [0.2, 0.25) is 0 Å². The van der Waals surface area contributed by atoms with Crippen LogP contribution in [0.3, 0.4) is 0 Å². The summed E-state index contributed by atoms with van der Waals surface area (Å²) >= 11 is 0. The molecule has 4 heteroatoms. The SMILES string of the molecule is Cc1ccc(C[C@@H](C(=O)O)[C@H](C)C(=O)O)cc1. The first kappa shape index (κ1) is 13.2. The highest BCUT2D eigenvalue weighted by Crippen LogP contribution is 2.18. The van der Waals surface area contributed by atoms with Crippen molar-refractivity contribution in [2.75, 3.05) is 0 Å². The lowest BCUT2D eigenvalue weighted by atomic mass is 9.88. The van der Waals surface area contributed by atoms with Crippen LogP contribution in [0, 0.1) is 18.8 Å². The van der Waals surface area contributed by atoms with Crippen molar-refractivity contribution in [1.82, 2.24) is 0 Å². The molecule has 92 valence electrons. The molecular weight excluding hydrogens is 220 g/mol. The van der Waals surface area contributed by atoms with Gasteiger partial charge in [0.15, 0.2) is 0 Å². The molecule has 0 amide bonds. The van der Waals surface area contributed by atoms with E-state index in [1.54, 1.807) is 0 Å². The van der Waals surface area contributed by atoms with Crippen molar-refractivity contribution in [3.8, 4) is 0 Å². The summed E-state index contributed by atoms with van der Waals surface area (Å²) in [6, 6.07) is 7.44. The molecule has 4 nitrogen and oxygen atoms in total. The van der Waals surface area contributed by atoms with E-state index in [4.69, 9.17) is 10.2 Å². The second-order valence-corrected chi connectivity index (χ2v) is 4.26. The summed E-state index contributed by atoms with van der Waals surface area (Å²) in [5, 5.41) is 17.9. The van der Waals surface area contributed by atoms with Gasteiger partial charge in [-0.3, -0.25) is 9.59 Å². The molecule has 0 spiro atoms. The highest BCUT2D eigenvalue weighted by atomic mass is 16.4. The molecule has 17 heavy (non-hydrogen) atoms. The van der Waals surface area contributed by atoms with Crippen LogP contribution in [0.5, 0.6) is 0 Å². The second kappa shape index (κ2) is 5.48. The number of rotatable bonds is 5. The first-order chi connectivity index (χ1) is 7.91. The number of carboxylic acids is 2. The zero-order chi connectivity index (χ0) is 13.0. The van der Waals surface area contributed by atoms with Crippen molar-refractivity contribution in [2.24, 2.45) is 11.8 Å². The van der Waals surface area contributed by atoms with Gasteiger partial charge < -0.3 is 10.2 Å². The third-order valence-electron chi connectivity index (χ3n) is 2.89. The predicted octanol–water partition coefficient (Wildman–Crippen LogP) is 1.96. The van der Waals surface area contributed by atoms with Crippen molar-refractivity contribution < 1.29 is 19.8 Å². The van der Waals surface area contributed by atoms with E-state index in [0.717, 1.165) is 11.1 Å². The van der Waals surface area contributed by atoms with Crippen LogP contribution >= 0.6 is 0 Å². The number of aliphatic carboxylic acids is 2. The lowest BCUT2D eigenvalue weighted by molar-refractivity contribution is -0.152. The third kappa shape index (κ3) is 3.59. The van der Waals surface area contributed by atoms with Crippen LogP contribution in [0.1, 0.15) is 18.1 Å². The standard InChI is InChI=1S/C13H16O4/c1-8-3-5-10(6-4-8)7-11(13(16)17)9(2)12(14)15/h3-6,9,11H,7H2,1-2H3,(H,14,15)(H,16,17)/t9-,11+/m0/s1. The first-order valence-corrected chi connectivity index (χ1v) is 5.43. The Kier molecular flexibility index (Phi) is 4.26. The Hall–Kier alpha value is -1.84. The molecule has 1 aromatic rings. The average molecular weight is 236 g/mol. The second-order valence-electron chi connectivity index (χ2n) is 4.26. The molecule has 0 radical (unpaired) electrons. The van der Waals surface area contributed by atoms with Gasteiger partial charge in [-0.25, -0.2) is 0 Å². The van der Waals surface area contributed by atoms with Crippen LogP contribution in [0.4, 0.5) is 0 Å². The van der Waals surface area contributed by atoms with E-state index in [1.165, 1.54) is 6.92 Å². The minimum absolute atomic E-state index is 0.239. The van der Waals surface area contributed by atoms with Crippen LogP contribution in [0.2, 0.25) is 0 Å². The topological polar surface area (TPSA) is 74.6 Å². The monoisotopic (exact) mass is 236 g/mol. The minimum Gasteiger partial charge on any atom is -0.481 e. The number of carbonyl (C=O) groups is 2. The van der Waals surface area contributed by atoms with E-state index in [0.29, 0.717) is 0 Å². The molecule has 2 N–H and O–H groups in total. The lowest BCUT2D eigenvalue weighted by Gasteiger charge is -2.16. The molecule has 0 aliphatic carbocycles. The minimum atomic E-state index is -1.08. The molecule has 0 unspecified atom stereocenters.